The van der Waals surface area contributed by atoms with Crippen LogP contribution in [0.15, 0.2) is 48.8 Å². The number of rotatable bonds is 8. The zero-order valence-corrected chi connectivity index (χ0v) is 17.7. The molecule has 1 aromatic carbocycles. The predicted octanol–water partition coefficient (Wildman–Crippen LogP) is 5.71. The molecule has 1 aromatic rings. The first-order chi connectivity index (χ1) is 11.8. The Morgan fingerprint density at radius 3 is 2.24 bits per heavy atom. The Bertz CT molecular complexity index is 563. The number of nitrogens with zero attached hydrogens (tertiary/aromatic N) is 1. The summed E-state index contributed by atoms with van der Waals surface area (Å²) in [6, 6.07) is 10.2. The second kappa shape index (κ2) is 9.93. The second-order valence-electron chi connectivity index (χ2n) is 6.87. The summed E-state index contributed by atoms with van der Waals surface area (Å²) in [7, 11) is 0.572. The van der Waals surface area contributed by atoms with E-state index in [0.717, 1.165) is 17.0 Å². The van der Waals surface area contributed by atoms with Gasteiger partial charge in [-0.3, -0.25) is 0 Å². The van der Waals surface area contributed by atoms with Crippen molar-refractivity contribution < 1.29 is 8.92 Å². The molecule has 4 heteroatoms. The van der Waals surface area contributed by atoms with E-state index < -0.39 is 10.3 Å². The van der Waals surface area contributed by atoms with Crippen LogP contribution in [0.3, 0.4) is 0 Å². The number of hydrogen-bond donors (Lipinski definition) is 0. The summed E-state index contributed by atoms with van der Waals surface area (Å²) in [5.41, 5.74) is 2.19. The van der Waals surface area contributed by atoms with E-state index in [9.17, 15) is 0 Å². The van der Waals surface area contributed by atoms with Gasteiger partial charge in [0.05, 0.1) is 6.20 Å². The van der Waals surface area contributed by atoms with Crippen molar-refractivity contribution in [1.29, 1.82) is 0 Å². The molecule has 1 aliphatic rings. The highest BCUT2D eigenvalue weighted by Gasteiger charge is 2.37. The van der Waals surface area contributed by atoms with E-state index in [1.807, 2.05) is 38.2 Å². The van der Waals surface area contributed by atoms with Crippen molar-refractivity contribution in [1.82, 2.24) is 4.90 Å². The van der Waals surface area contributed by atoms with Crippen LogP contribution in [-0.2, 0) is 8.92 Å². The van der Waals surface area contributed by atoms with Gasteiger partial charge in [-0.2, -0.15) is 0 Å². The fourth-order valence-electron chi connectivity index (χ4n) is 2.50. The Hall–Kier alpha value is -1.39. The van der Waals surface area contributed by atoms with E-state index in [1.165, 1.54) is 6.42 Å². The van der Waals surface area contributed by atoms with E-state index in [2.05, 4.69) is 49.3 Å². The van der Waals surface area contributed by atoms with Gasteiger partial charge in [0.15, 0.2) is 5.76 Å². The van der Waals surface area contributed by atoms with Gasteiger partial charge in [-0.15, -0.1) is 10.3 Å². The molecule has 0 aromatic heterocycles. The van der Waals surface area contributed by atoms with Crippen molar-refractivity contribution >= 4 is 16.1 Å². The molecule has 0 heterocycles. The Kier molecular flexibility index (Phi) is 8.60. The fraction of sp³-hybridized carbons (Fsp3) is 0.524. The minimum atomic E-state index is -1.14. The molecule has 3 nitrogen and oxygen atoms in total. The van der Waals surface area contributed by atoms with E-state index >= 15 is 0 Å². The van der Waals surface area contributed by atoms with Crippen molar-refractivity contribution in [3.8, 4) is 0 Å². The van der Waals surface area contributed by atoms with Gasteiger partial charge in [0.25, 0.3) is 0 Å². The van der Waals surface area contributed by atoms with Crippen LogP contribution in [0.1, 0.15) is 32.8 Å². The van der Waals surface area contributed by atoms with Crippen LogP contribution in [0.2, 0.25) is 0 Å². The molecule has 1 saturated carbocycles. The molecule has 0 saturated heterocycles. The molecule has 0 N–H and O–H groups in total. The molecule has 0 bridgehead atoms. The molecule has 1 fully saturated rings. The normalized spacial score (nSPS) is 20.2. The van der Waals surface area contributed by atoms with Crippen molar-refractivity contribution in [2.45, 2.75) is 27.2 Å². The molecule has 2 rings (SSSR count). The van der Waals surface area contributed by atoms with Crippen molar-refractivity contribution in [3.63, 3.8) is 0 Å². The van der Waals surface area contributed by atoms with Crippen LogP contribution in [-0.4, -0.2) is 37.5 Å². The number of methoxy groups -OCH3 is 1. The van der Waals surface area contributed by atoms with Crippen LogP contribution >= 0.6 is 10.3 Å². The highest BCUT2D eigenvalue weighted by atomic mass is 32.3. The number of benzene rings is 1. The standard InChI is InChI=1S/C19H29NO2S.C2H6/c1-15-12-18(15)16(2)20(14-21-3)13-19(22-23(4,5)6)17-10-8-7-9-11-17;1-2/h7-11,13,15,18H,2,12,14H2,1,3-6H3;1-2H3/b19-13+;. The van der Waals surface area contributed by atoms with Crippen molar-refractivity contribution in [2.24, 2.45) is 11.8 Å². The van der Waals surface area contributed by atoms with Crippen LogP contribution < -0.4 is 0 Å². The molecule has 0 aliphatic heterocycles. The van der Waals surface area contributed by atoms with Crippen LogP contribution in [0.25, 0.3) is 5.76 Å². The first kappa shape index (κ1) is 21.7. The lowest BCUT2D eigenvalue weighted by atomic mass is 10.2. The average molecular weight is 366 g/mol. The predicted molar refractivity (Wildman–Crippen MR) is 112 cm³/mol. The lowest BCUT2D eigenvalue weighted by Gasteiger charge is -2.30. The second-order valence-corrected chi connectivity index (χ2v) is 10.5. The summed E-state index contributed by atoms with van der Waals surface area (Å²) in [5.74, 6) is 2.14. The minimum Gasteiger partial charge on any atom is -0.448 e. The summed E-state index contributed by atoms with van der Waals surface area (Å²) in [4.78, 5) is 2.08. The number of allylic oxidation sites excluding steroid dienone is 1. The number of hydrogen-bond acceptors (Lipinski definition) is 3. The maximum absolute atomic E-state index is 6.28. The Morgan fingerprint density at radius 1 is 1.24 bits per heavy atom. The zero-order chi connectivity index (χ0) is 19.0. The third-order valence-corrected chi connectivity index (χ3v) is 4.53. The van der Waals surface area contributed by atoms with E-state index in [0.29, 0.717) is 18.6 Å². The van der Waals surface area contributed by atoms with E-state index in [-0.39, 0.29) is 0 Å². The maximum atomic E-state index is 6.28. The summed E-state index contributed by atoms with van der Waals surface area (Å²) in [6.45, 7) is 11.0. The summed E-state index contributed by atoms with van der Waals surface area (Å²) >= 11 is 0. The first-order valence-corrected chi connectivity index (χ1v) is 11.7. The van der Waals surface area contributed by atoms with Crippen LogP contribution in [0, 0.1) is 11.8 Å². The summed E-state index contributed by atoms with van der Waals surface area (Å²) in [5, 5.41) is 0. The average Bonchev–Trinajstić information content (AvgIpc) is 3.31. The zero-order valence-electron chi connectivity index (χ0n) is 16.9. The molecule has 25 heavy (non-hydrogen) atoms. The van der Waals surface area contributed by atoms with Gasteiger partial charge in [-0.05, 0) is 31.1 Å². The molecule has 0 amide bonds. The quantitative estimate of drug-likeness (QED) is 0.435. The number of ether oxygens (including phenoxy) is 1. The molecule has 0 radical (unpaired) electrons. The monoisotopic (exact) mass is 365 g/mol. The van der Waals surface area contributed by atoms with Crippen LogP contribution in [0.5, 0.6) is 0 Å². The van der Waals surface area contributed by atoms with Crippen molar-refractivity contribution in [3.05, 3.63) is 54.4 Å². The molecule has 142 valence electrons. The van der Waals surface area contributed by atoms with Gasteiger partial charge < -0.3 is 13.8 Å². The Labute approximate surface area is 156 Å². The van der Waals surface area contributed by atoms with Gasteiger partial charge >= 0.3 is 0 Å². The van der Waals surface area contributed by atoms with Gasteiger partial charge in [0.1, 0.15) is 6.73 Å². The SMILES string of the molecule is C=C(C1CC1C)N(/C=C(/OS(C)(C)C)c1ccccc1)COC.CC. The van der Waals surface area contributed by atoms with Gasteiger partial charge in [-0.25, -0.2) is 0 Å². The fourth-order valence-corrected chi connectivity index (χ4v) is 3.18. The van der Waals surface area contributed by atoms with E-state index in [4.69, 9.17) is 8.92 Å². The molecule has 1 aliphatic carbocycles. The van der Waals surface area contributed by atoms with E-state index in [1.54, 1.807) is 7.11 Å². The van der Waals surface area contributed by atoms with Crippen LogP contribution in [0.4, 0.5) is 0 Å². The summed E-state index contributed by atoms with van der Waals surface area (Å²) in [6.07, 6.45) is 9.68. The Morgan fingerprint density at radius 2 is 1.80 bits per heavy atom. The minimum absolute atomic E-state index is 0.487. The lowest BCUT2D eigenvalue weighted by Crippen LogP contribution is -2.21. The smallest absolute Gasteiger partial charge is 0.158 e. The molecule has 0 spiro atoms. The summed E-state index contributed by atoms with van der Waals surface area (Å²) < 4.78 is 11.7. The maximum Gasteiger partial charge on any atom is 0.158 e. The molecule has 2 atom stereocenters. The first-order valence-electron chi connectivity index (χ1n) is 8.91. The Balaban J connectivity index is 0.00000151. The molecular formula is C21H35NO2S. The van der Waals surface area contributed by atoms with Crippen molar-refractivity contribution in [2.75, 3.05) is 32.6 Å². The molecule has 2 unspecified atom stereocenters. The topological polar surface area (TPSA) is 21.7 Å². The lowest BCUT2D eigenvalue weighted by molar-refractivity contribution is 0.112. The highest BCUT2D eigenvalue weighted by molar-refractivity contribution is 8.28. The highest BCUT2D eigenvalue weighted by Crippen LogP contribution is 2.45. The third kappa shape index (κ3) is 7.17. The van der Waals surface area contributed by atoms with Gasteiger partial charge in [0.2, 0.25) is 0 Å². The largest absolute Gasteiger partial charge is 0.448 e. The molecular weight excluding hydrogens is 330 g/mol. The van der Waals surface area contributed by atoms with Gasteiger partial charge in [0, 0.05) is 24.3 Å². The van der Waals surface area contributed by atoms with Gasteiger partial charge in [-0.1, -0.05) is 57.7 Å². The third-order valence-electron chi connectivity index (χ3n) is 3.85.